The van der Waals surface area contributed by atoms with Crippen LogP contribution in [-0.2, 0) is 4.79 Å². The highest BCUT2D eigenvalue weighted by Crippen LogP contribution is 2.30. The van der Waals surface area contributed by atoms with Gasteiger partial charge in [0.1, 0.15) is 17.2 Å². The number of fused-ring (bicyclic) bond motifs is 1. The molecule has 1 aliphatic rings. The van der Waals surface area contributed by atoms with Crippen molar-refractivity contribution in [2.75, 3.05) is 13.1 Å². The van der Waals surface area contributed by atoms with E-state index in [1.165, 1.54) is 43.1 Å². The summed E-state index contributed by atoms with van der Waals surface area (Å²) in [5.74, 6) is -0.142. The molecule has 1 amide bonds. The molecule has 1 aromatic carbocycles. The molecular weight excluding hydrogens is 377 g/mol. The highest BCUT2D eigenvalue weighted by atomic mass is 32.2. The lowest BCUT2D eigenvalue weighted by molar-refractivity contribution is -0.130. The van der Waals surface area contributed by atoms with Crippen LogP contribution in [0.15, 0.2) is 41.8 Å². The van der Waals surface area contributed by atoms with E-state index in [1.54, 1.807) is 23.0 Å². The lowest BCUT2D eigenvalue weighted by Gasteiger charge is -2.23. The van der Waals surface area contributed by atoms with E-state index in [0.717, 1.165) is 42.0 Å². The van der Waals surface area contributed by atoms with Crippen molar-refractivity contribution in [3.8, 4) is 5.69 Å². The molecule has 0 saturated carbocycles. The van der Waals surface area contributed by atoms with Crippen molar-refractivity contribution in [3.63, 3.8) is 0 Å². The van der Waals surface area contributed by atoms with Crippen molar-refractivity contribution >= 4 is 28.7 Å². The number of halogens is 1. The lowest BCUT2D eigenvalue weighted by Crippen LogP contribution is -2.37. The van der Waals surface area contributed by atoms with Gasteiger partial charge in [-0.3, -0.25) is 4.79 Å². The van der Waals surface area contributed by atoms with E-state index in [0.29, 0.717) is 5.65 Å². The Bertz CT molecular complexity index is 966. The zero-order valence-electron chi connectivity index (χ0n) is 15.7. The number of aromatic nitrogens is 4. The Kier molecular flexibility index (Phi) is 5.57. The molecule has 0 radical (unpaired) electrons. The van der Waals surface area contributed by atoms with Crippen molar-refractivity contribution in [1.29, 1.82) is 0 Å². The third kappa shape index (κ3) is 3.87. The molecule has 28 heavy (non-hydrogen) atoms. The van der Waals surface area contributed by atoms with Gasteiger partial charge in [0, 0.05) is 13.1 Å². The van der Waals surface area contributed by atoms with Gasteiger partial charge in [0.25, 0.3) is 0 Å². The van der Waals surface area contributed by atoms with Crippen molar-refractivity contribution in [2.24, 2.45) is 0 Å². The summed E-state index contributed by atoms with van der Waals surface area (Å²) in [6, 6.07) is 6.09. The molecule has 4 rings (SSSR count). The molecule has 1 aliphatic heterocycles. The number of amides is 1. The molecule has 1 saturated heterocycles. The summed E-state index contributed by atoms with van der Waals surface area (Å²) in [5.41, 5.74) is 1.36. The summed E-state index contributed by atoms with van der Waals surface area (Å²) in [7, 11) is 0. The maximum Gasteiger partial charge on any atom is 0.235 e. The second-order valence-electron chi connectivity index (χ2n) is 6.95. The van der Waals surface area contributed by atoms with Crippen LogP contribution in [0, 0.1) is 5.82 Å². The third-order valence-corrected chi connectivity index (χ3v) is 6.06. The molecule has 1 fully saturated rings. The molecule has 1 atom stereocenters. The summed E-state index contributed by atoms with van der Waals surface area (Å²) in [6.07, 6.45) is 7.72. The van der Waals surface area contributed by atoms with Crippen molar-refractivity contribution in [3.05, 3.63) is 42.6 Å². The van der Waals surface area contributed by atoms with Gasteiger partial charge in [-0.25, -0.2) is 19.0 Å². The summed E-state index contributed by atoms with van der Waals surface area (Å²) >= 11 is 1.44. The van der Waals surface area contributed by atoms with Crippen molar-refractivity contribution in [1.82, 2.24) is 24.6 Å². The third-order valence-electron chi connectivity index (χ3n) is 4.95. The van der Waals surface area contributed by atoms with Crippen LogP contribution in [0.1, 0.15) is 32.6 Å². The van der Waals surface area contributed by atoms with E-state index in [1.807, 2.05) is 11.8 Å². The van der Waals surface area contributed by atoms with Gasteiger partial charge in [-0.05, 0) is 44.0 Å². The second-order valence-corrected chi connectivity index (χ2v) is 8.28. The fourth-order valence-electron chi connectivity index (χ4n) is 3.45. The molecule has 6 nitrogen and oxygen atoms in total. The first-order valence-electron chi connectivity index (χ1n) is 9.53. The van der Waals surface area contributed by atoms with Gasteiger partial charge < -0.3 is 4.90 Å². The van der Waals surface area contributed by atoms with Crippen LogP contribution >= 0.6 is 11.8 Å². The van der Waals surface area contributed by atoms with Crippen LogP contribution in [0.3, 0.4) is 0 Å². The Morgan fingerprint density at radius 2 is 1.82 bits per heavy atom. The number of carbonyl (C=O) groups excluding carboxylic acids is 1. The molecule has 0 spiro atoms. The Morgan fingerprint density at radius 3 is 2.54 bits per heavy atom. The van der Waals surface area contributed by atoms with Gasteiger partial charge >= 0.3 is 0 Å². The molecule has 3 heterocycles. The SMILES string of the molecule is CC(Sc1ncnc2c1cnn2-c1ccc(F)cc1)C(=O)N1CCCCCC1. The molecule has 146 valence electrons. The maximum absolute atomic E-state index is 13.2. The fourth-order valence-corrected chi connectivity index (χ4v) is 4.42. The Hall–Kier alpha value is -2.48. The molecule has 8 heteroatoms. The van der Waals surface area contributed by atoms with Crippen LogP contribution in [-0.4, -0.2) is 48.9 Å². The summed E-state index contributed by atoms with van der Waals surface area (Å²) < 4.78 is 14.9. The van der Waals surface area contributed by atoms with Gasteiger partial charge in [-0.1, -0.05) is 24.6 Å². The van der Waals surface area contributed by atoms with Crippen LogP contribution in [0.2, 0.25) is 0 Å². The fraction of sp³-hybridized carbons (Fsp3) is 0.400. The highest BCUT2D eigenvalue weighted by molar-refractivity contribution is 8.00. The zero-order valence-corrected chi connectivity index (χ0v) is 16.5. The Morgan fingerprint density at radius 1 is 1.11 bits per heavy atom. The number of nitrogens with zero attached hydrogens (tertiary/aromatic N) is 5. The molecule has 2 aromatic heterocycles. The van der Waals surface area contributed by atoms with Crippen LogP contribution < -0.4 is 0 Å². The molecule has 0 bridgehead atoms. The van der Waals surface area contributed by atoms with E-state index >= 15 is 0 Å². The summed E-state index contributed by atoms with van der Waals surface area (Å²) in [5, 5.41) is 5.68. The average Bonchev–Trinajstić information content (AvgIpc) is 2.95. The molecule has 1 unspecified atom stereocenters. The van der Waals surface area contributed by atoms with Crippen molar-refractivity contribution in [2.45, 2.75) is 42.9 Å². The number of likely N-dealkylation sites (tertiary alicyclic amines) is 1. The first-order chi connectivity index (χ1) is 13.6. The van der Waals surface area contributed by atoms with E-state index in [4.69, 9.17) is 0 Å². The predicted molar refractivity (Wildman–Crippen MR) is 107 cm³/mol. The molecular formula is C20H22FN5OS. The van der Waals surface area contributed by atoms with Crippen LogP contribution in [0.5, 0.6) is 0 Å². The van der Waals surface area contributed by atoms with Gasteiger partial charge in [0.2, 0.25) is 5.91 Å². The Balaban J connectivity index is 1.57. The molecule has 0 aliphatic carbocycles. The number of thioether (sulfide) groups is 1. The topological polar surface area (TPSA) is 63.9 Å². The lowest BCUT2D eigenvalue weighted by atomic mass is 10.2. The van der Waals surface area contributed by atoms with Crippen LogP contribution in [0.25, 0.3) is 16.7 Å². The summed E-state index contributed by atoms with van der Waals surface area (Å²) in [4.78, 5) is 23.6. The van der Waals surface area contributed by atoms with E-state index in [9.17, 15) is 9.18 Å². The van der Waals surface area contributed by atoms with Crippen molar-refractivity contribution < 1.29 is 9.18 Å². The minimum Gasteiger partial charge on any atom is -0.342 e. The van der Waals surface area contributed by atoms with E-state index < -0.39 is 0 Å². The first kappa shape index (κ1) is 18.9. The van der Waals surface area contributed by atoms with E-state index in [-0.39, 0.29) is 17.0 Å². The Labute approximate surface area is 167 Å². The smallest absolute Gasteiger partial charge is 0.235 e. The van der Waals surface area contributed by atoms with Gasteiger partial charge in [0.05, 0.1) is 22.5 Å². The van der Waals surface area contributed by atoms with Gasteiger partial charge in [-0.2, -0.15) is 5.10 Å². The minimum absolute atomic E-state index is 0.157. The maximum atomic E-state index is 13.2. The number of rotatable bonds is 4. The minimum atomic E-state index is -0.299. The molecule has 3 aromatic rings. The average molecular weight is 399 g/mol. The largest absolute Gasteiger partial charge is 0.342 e. The van der Waals surface area contributed by atoms with Gasteiger partial charge in [-0.15, -0.1) is 0 Å². The second kappa shape index (κ2) is 8.26. The first-order valence-corrected chi connectivity index (χ1v) is 10.4. The zero-order chi connectivity index (χ0) is 19.5. The number of benzene rings is 1. The normalized spacial score (nSPS) is 16.1. The number of hydrogen-bond acceptors (Lipinski definition) is 5. The van der Waals surface area contributed by atoms with Gasteiger partial charge in [0.15, 0.2) is 5.65 Å². The highest BCUT2D eigenvalue weighted by Gasteiger charge is 2.24. The van der Waals surface area contributed by atoms with Crippen LogP contribution in [0.4, 0.5) is 4.39 Å². The molecule has 0 N–H and O–H groups in total. The van der Waals surface area contributed by atoms with E-state index in [2.05, 4.69) is 15.1 Å². The monoisotopic (exact) mass is 399 g/mol. The number of carbonyl (C=O) groups is 1. The number of hydrogen-bond donors (Lipinski definition) is 0. The standard InChI is InChI=1S/C20H22FN5OS/c1-14(20(27)25-10-4-2-3-5-11-25)28-19-17-12-24-26(18(17)22-13-23-19)16-8-6-15(21)7-9-16/h6-9,12-14H,2-5,10-11H2,1H3. The summed E-state index contributed by atoms with van der Waals surface area (Å²) in [6.45, 7) is 3.60. The predicted octanol–water partition coefficient (Wildman–Crippen LogP) is 3.84. The quantitative estimate of drug-likeness (QED) is 0.493.